The zero-order valence-electron chi connectivity index (χ0n) is 10.2. The molecule has 1 aromatic carbocycles. The van der Waals surface area contributed by atoms with Gasteiger partial charge in [-0.25, -0.2) is 0 Å². The van der Waals surface area contributed by atoms with Gasteiger partial charge in [0.2, 0.25) is 0 Å². The number of carbonyl (C=O) groups is 1. The van der Waals surface area contributed by atoms with Crippen molar-refractivity contribution in [3.63, 3.8) is 0 Å². The van der Waals surface area contributed by atoms with Crippen LogP contribution in [-0.4, -0.2) is 10.9 Å². The van der Waals surface area contributed by atoms with E-state index in [-0.39, 0.29) is 11.9 Å². The molecule has 19 heavy (non-hydrogen) atoms. The van der Waals surface area contributed by atoms with Crippen LogP contribution in [0.3, 0.4) is 0 Å². The number of hydrogen-bond donors (Lipinski definition) is 1. The normalized spacial score (nSPS) is 11.9. The Kier molecular flexibility index (Phi) is 4.40. The van der Waals surface area contributed by atoms with Gasteiger partial charge in [-0.2, -0.15) is 0 Å². The highest BCUT2D eigenvalue weighted by Gasteiger charge is 2.13. The molecule has 1 amide bonds. The fourth-order valence-electron chi connectivity index (χ4n) is 1.62. The summed E-state index contributed by atoms with van der Waals surface area (Å²) in [5.41, 5.74) is 1.27. The number of aromatic nitrogens is 1. The van der Waals surface area contributed by atoms with E-state index in [1.165, 1.54) is 0 Å². The maximum absolute atomic E-state index is 12.1. The Morgan fingerprint density at radius 1 is 1.21 bits per heavy atom. The van der Waals surface area contributed by atoms with Crippen LogP contribution in [0.1, 0.15) is 29.0 Å². The predicted octanol–water partition coefficient (Wildman–Crippen LogP) is 3.88. The van der Waals surface area contributed by atoms with Gasteiger partial charge in [0.25, 0.3) is 5.91 Å². The molecule has 0 unspecified atom stereocenters. The SMILES string of the molecule is C[C@H](NC(=O)c1ccc(Cl)c(Cl)c1)c1ccccn1. The van der Waals surface area contributed by atoms with E-state index in [9.17, 15) is 4.79 Å². The lowest BCUT2D eigenvalue weighted by molar-refractivity contribution is 0.0939. The highest BCUT2D eigenvalue weighted by molar-refractivity contribution is 6.42. The number of benzene rings is 1. The van der Waals surface area contributed by atoms with E-state index < -0.39 is 0 Å². The molecule has 0 spiro atoms. The first kappa shape index (κ1) is 13.8. The number of rotatable bonds is 3. The minimum atomic E-state index is -0.211. The molecular weight excluding hydrogens is 283 g/mol. The standard InChI is InChI=1S/C14H12Cl2N2O/c1-9(13-4-2-3-7-17-13)18-14(19)10-5-6-11(15)12(16)8-10/h2-9H,1H3,(H,18,19)/t9-/m0/s1. The molecule has 0 radical (unpaired) electrons. The van der Waals surface area contributed by atoms with Crippen LogP contribution in [0.4, 0.5) is 0 Å². The topological polar surface area (TPSA) is 42.0 Å². The molecule has 0 fully saturated rings. The van der Waals surface area contributed by atoms with Crippen molar-refractivity contribution in [3.8, 4) is 0 Å². The molecule has 1 atom stereocenters. The highest BCUT2D eigenvalue weighted by Crippen LogP contribution is 2.22. The number of halogens is 2. The first-order valence-corrected chi connectivity index (χ1v) is 6.50. The molecule has 2 aromatic rings. The monoisotopic (exact) mass is 294 g/mol. The molecule has 0 saturated heterocycles. The van der Waals surface area contributed by atoms with Gasteiger partial charge in [0.05, 0.1) is 21.8 Å². The van der Waals surface area contributed by atoms with Crippen LogP contribution in [0, 0.1) is 0 Å². The summed E-state index contributed by atoms with van der Waals surface area (Å²) >= 11 is 11.7. The van der Waals surface area contributed by atoms with Gasteiger partial charge in [0.1, 0.15) is 0 Å². The number of nitrogens with one attached hydrogen (secondary N) is 1. The molecule has 98 valence electrons. The first-order chi connectivity index (χ1) is 9.08. The lowest BCUT2D eigenvalue weighted by atomic mass is 10.1. The molecule has 3 nitrogen and oxygen atoms in total. The van der Waals surface area contributed by atoms with Gasteiger partial charge in [-0.3, -0.25) is 9.78 Å². The zero-order chi connectivity index (χ0) is 13.8. The Morgan fingerprint density at radius 3 is 2.63 bits per heavy atom. The Hall–Kier alpha value is -1.58. The fraction of sp³-hybridized carbons (Fsp3) is 0.143. The Labute approximate surface area is 121 Å². The van der Waals surface area contributed by atoms with E-state index in [1.54, 1.807) is 24.4 Å². The van der Waals surface area contributed by atoms with Crippen LogP contribution in [0.25, 0.3) is 0 Å². The summed E-state index contributed by atoms with van der Waals surface area (Å²) in [6.07, 6.45) is 1.69. The maximum Gasteiger partial charge on any atom is 0.251 e. The summed E-state index contributed by atoms with van der Waals surface area (Å²) in [5, 5.41) is 3.64. The maximum atomic E-state index is 12.1. The van der Waals surface area contributed by atoms with E-state index >= 15 is 0 Å². The second kappa shape index (κ2) is 6.04. The molecular formula is C14H12Cl2N2O. The van der Waals surface area contributed by atoms with Crippen LogP contribution < -0.4 is 5.32 Å². The van der Waals surface area contributed by atoms with Crippen molar-refractivity contribution < 1.29 is 4.79 Å². The molecule has 1 heterocycles. The second-order valence-electron chi connectivity index (χ2n) is 4.08. The molecule has 2 rings (SSSR count). The summed E-state index contributed by atoms with van der Waals surface area (Å²) in [6, 6.07) is 10.2. The third-order valence-electron chi connectivity index (χ3n) is 2.66. The molecule has 5 heteroatoms. The van der Waals surface area contributed by atoms with Gasteiger partial charge >= 0.3 is 0 Å². The third kappa shape index (κ3) is 3.46. The van der Waals surface area contributed by atoms with Gasteiger partial charge in [-0.1, -0.05) is 29.3 Å². The van der Waals surface area contributed by atoms with Crippen LogP contribution in [0.15, 0.2) is 42.6 Å². The van der Waals surface area contributed by atoms with E-state index in [1.807, 2.05) is 25.1 Å². The summed E-state index contributed by atoms with van der Waals surface area (Å²) in [7, 11) is 0. The zero-order valence-corrected chi connectivity index (χ0v) is 11.7. The van der Waals surface area contributed by atoms with Crippen molar-refractivity contribution in [2.45, 2.75) is 13.0 Å². The predicted molar refractivity (Wildman–Crippen MR) is 76.6 cm³/mol. The van der Waals surface area contributed by atoms with E-state index in [0.29, 0.717) is 15.6 Å². The lowest BCUT2D eigenvalue weighted by Gasteiger charge is -2.13. The molecule has 0 aliphatic carbocycles. The molecule has 0 bridgehead atoms. The van der Waals surface area contributed by atoms with Gasteiger partial charge < -0.3 is 5.32 Å². The minimum absolute atomic E-state index is 0.178. The number of amides is 1. The molecule has 0 saturated carbocycles. The van der Waals surface area contributed by atoms with Crippen LogP contribution in [0.2, 0.25) is 10.0 Å². The van der Waals surface area contributed by atoms with Crippen molar-refractivity contribution >= 4 is 29.1 Å². The number of pyridine rings is 1. The average Bonchev–Trinajstić information content (AvgIpc) is 2.42. The molecule has 0 aliphatic heterocycles. The first-order valence-electron chi connectivity index (χ1n) is 5.75. The van der Waals surface area contributed by atoms with Crippen molar-refractivity contribution in [1.82, 2.24) is 10.3 Å². The fourth-order valence-corrected chi connectivity index (χ4v) is 1.92. The minimum Gasteiger partial charge on any atom is -0.344 e. The Balaban J connectivity index is 2.11. The summed E-state index contributed by atoms with van der Waals surface area (Å²) in [6.45, 7) is 1.87. The second-order valence-corrected chi connectivity index (χ2v) is 4.89. The largest absolute Gasteiger partial charge is 0.344 e. The van der Waals surface area contributed by atoms with E-state index in [0.717, 1.165) is 5.69 Å². The summed E-state index contributed by atoms with van der Waals surface area (Å²) < 4.78 is 0. The lowest BCUT2D eigenvalue weighted by Crippen LogP contribution is -2.27. The third-order valence-corrected chi connectivity index (χ3v) is 3.40. The smallest absolute Gasteiger partial charge is 0.251 e. The number of nitrogens with zero attached hydrogens (tertiary/aromatic N) is 1. The van der Waals surface area contributed by atoms with Crippen LogP contribution in [-0.2, 0) is 0 Å². The number of hydrogen-bond acceptors (Lipinski definition) is 2. The van der Waals surface area contributed by atoms with Gasteiger partial charge in [0.15, 0.2) is 0 Å². The van der Waals surface area contributed by atoms with Gasteiger partial charge in [-0.15, -0.1) is 0 Å². The Bertz CT molecular complexity index is 587. The van der Waals surface area contributed by atoms with Crippen molar-refractivity contribution in [3.05, 3.63) is 63.9 Å². The molecule has 0 aliphatic rings. The van der Waals surface area contributed by atoms with Gasteiger partial charge in [0, 0.05) is 11.8 Å². The van der Waals surface area contributed by atoms with Crippen molar-refractivity contribution in [1.29, 1.82) is 0 Å². The summed E-state index contributed by atoms with van der Waals surface area (Å²) in [5.74, 6) is -0.211. The summed E-state index contributed by atoms with van der Waals surface area (Å²) in [4.78, 5) is 16.2. The van der Waals surface area contributed by atoms with Crippen LogP contribution in [0.5, 0.6) is 0 Å². The Morgan fingerprint density at radius 2 is 2.00 bits per heavy atom. The van der Waals surface area contributed by atoms with E-state index in [2.05, 4.69) is 10.3 Å². The van der Waals surface area contributed by atoms with Gasteiger partial charge in [-0.05, 0) is 37.3 Å². The number of carbonyl (C=O) groups excluding carboxylic acids is 1. The molecule has 1 N–H and O–H groups in total. The van der Waals surface area contributed by atoms with Crippen molar-refractivity contribution in [2.75, 3.05) is 0 Å². The van der Waals surface area contributed by atoms with Crippen molar-refractivity contribution in [2.24, 2.45) is 0 Å². The quantitative estimate of drug-likeness (QED) is 0.933. The average molecular weight is 295 g/mol. The molecule has 1 aromatic heterocycles. The van der Waals surface area contributed by atoms with E-state index in [4.69, 9.17) is 23.2 Å². The highest BCUT2D eigenvalue weighted by atomic mass is 35.5. The van der Waals surface area contributed by atoms with Crippen LogP contribution >= 0.6 is 23.2 Å².